The van der Waals surface area contributed by atoms with E-state index < -0.39 is 0 Å². The SMILES string of the molecule is C1=c2c(-c3ccccc3)cc3c(cc(-c4ccc(C5Cc6ccccc6C5(c5ccccc5)c5ccccc5)cc4)c4ccccc43)c2=CCC1. The van der Waals surface area contributed by atoms with Crippen LogP contribution >= 0.6 is 0 Å². The standard InChI is InChI=1S/C51H38/c1-4-16-35(17-5-1)45-33-47-44-26-14-12-24-42(44)46(34-48(47)43-25-13-11-23-41(43)45)36-28-30-37(31-29-36)50-32-38-18-10-15-27-49(38)51(50,39-19-6-2-7-20-39)40-21-8-3-9-22-40/h1-10,12,14-31,33-34,50H,11,13,32H2. The number of hydrogen-bond donors (Lipinski definition) is 0. The van der Waals surface area contributed by atoms with Crippen molar-refractivity contribution in [3.63, 3.8) is 0 Å². The van der Waals surface area contributed by atoms with Gasteiger partial charge in [0.05, 0.1) is 5.41 Å². The Morgan fingerprint density at radius 2 is 0.961 bits per heavy atom. The van der Waals surface area contributed by atoms with E-state index in [-0.39, 0.29) is 11.3 Å². The maximum atomic E-state index is 2.47. The van der Waals surface area contributed by atoms with E-state index in [0.717, 1.165) is 19.3 Å². The highest BCUT2D eigenvalue weighted by Crippen LogP contribution is 2.56. The molecule has 0 N–H and O–H groups in total. The molecule has 51 heavy (non-hydrogen) atoms. The lowest BCUT2D eigenvalue weighted by atomic mass is 9.63. The summed E-state index contributed by atoms with van der Waals surface area (Å²) in [7, 11) is 0. The van der Waals surface area contributed by atoms with Crippen molar-refractivity contribution < 1.29 is 0 Å². The third kappa shape index (κ3) is 4.67. The van der Waals surface area contributed by atoms with Gasteiger partial charge in [-0.25, -0.2) is 0 Å². The van der Waals surface area contributed by atoms with Crippen molar-refractivity contribution >= 4 is 33.7 Å². The van der Waals surface area contributed by atoms with Crippen molar-refractivity contribution in [3.05, 3.63) is 214 Å². The molecule has 0 bridgehead atoms. The van der Waals surface area contributed by atoms with Crippen LogP contribution in [0.25, 0.3) is 56.0 Å². The predicted octanol–water partition coefficient (Wildman–Crippen LogP) is 11.4. The average molecular weight is 651 g/mol. The van der Waals surface area contributed by atoms with E-state index in [2.05, 4.69) is 188 Å². The average Bonchev–Trinajstić information content (AvgIpc) is 3.57. The van der Waals surface area contributed by atoms with Crippen LogP contribution in [0, 0.1) is 0 Å². The van der Waals surface area contributed by atoms with E-state index in [1.54, 1.807) is 0 Å². The molecule has 0 nitrogen and oxygen atoms in total. The largest absolute Gasteiger partial charge is 0.0757 e. The van der Waals surface area contributed by atoms with Crippen LogP contribution in [-0.2, 0) is 11.8 Å². The van der Waals surface area contributed by atoms with Crippen molar-refractivity contribution in [3.8, 4) is 22.3 Å². The Hall–Kier alpha value is -5.98. The monoisotopic (exact) mass is 650 g/mol. The van der Waals surface area contributed by atoms with Crippen LogP contribution in [-0.4, -0.2) is 0 Å². The molecular weight excluding hydrogens is 613 g/mol. The minimum Gasteiger partial charge on any atom is -0.0757 e. The van der Waals surface area contributed by atoms with Crippen LogP contribution in [0.15, 0.2) is 176 Å². The summed E-state index contributed by atoms with van der Waals surface area (Å²) in [6.45, 7) is 0. The Kier molecular flexibility index (Phi) is 7.10. The second kappa shape index (κ2) is 12.1. The van der Waals surface area contributed by atoms with Gasteiger partial charge in [0.25, 0.3) is 0 Å². The quantitative estimate of drug-likeness (QED) is 0.163. The molecule has 0 saturated heterocycles. The fourth-order valence-electron chi connectivity index (χ4n) is 9.47. The number of hydrogen-bond acceptors (Lipinski definition) is 0. The van der Waals surface area contributed by atoms with Gasteiger partial charge in [-0.15, -0.1) is 0 Å². The molecule has 10 rings (SSSR count). The molecule has 0 amide bonds. The van der Waals surface area contributed by atoms with E-state index in [1.807, 2.05) is 0 Å². The fourth-order valence-corrected chi connectivity index (χ4v) is 9.47. The Morgan fingerprint density at radius 3 is 1.67 bits per heavy atom. The summed E-state index contributed by atoms with van der Waals surface area (Å²) in [5, 5.41) is 8.03. The molecule has 0 saturated carbocycles. The molecule has 2 aliphatic rings. The van der Waals surface area contributed by atoms with Crippen molar-refractivity contribution in [2.75, 3.05) is 0 Å². The molecular formula is C51H38. The van der Waals surface area contributed by atoms with E-state index in [1.165, 1.54) is 82.1 Å². The molecule has 242 valence electrons. The summed E-state index contributed by atoms with van der Waals surface area (Å²) >= 11 is 0. The van der Waals surface area contributed by atoms with Gasteiger partial charge in [-0.1, -0.05) is 176 Å². The van der Waals surface area contributed by atoms with E-state index in [0.29, 0.717) is 0 Å². The van der Waals surface area contributed by atoms with Crippen LogP contribution in [0.3, 0.4) is 0 Å². The van der Waals surface area contributed by atoms with Crippen LogP contribution in [0.1, 0.15) is 46.6 Å². The Morgan fingerprint density at radius 1 is 0.412 bits per heavy atom. The highest BCUT2D eigenvalue weighted by atomic mass is 14.5. The van der Waals surface area contributed by atoms with Crippen molar-refractivity contribution in [1.29, 1.82) is 0 Å². The molecule has 0 aliphatic heterocycles. The van der Waals surface area contributed by atoms with Gasteiger partial charge in [-0.05, 0) is 113 Å². The summed E-state index contributed by atoms with van der Waals surface area (Å²) in [5.41, 5.74) is 11.8. The molecule has 0 spiro atoms. The van der Waals surface area contributed by atoms with E-state index in [9.17, 15) is 0 Å². The zero-order chi connectivity index (χ0) is 33.8. The van der Waals surface area contributed by atoms with Gasteiger partial charge in [-0.3, -0.25) is 0 Å². The summed E-state index contributed by atoms with van der Waals surface area (Å²) < 4.78 is 0. The Balaban J connectivity index is 1.16. The molecule has 1 atom stereocenters. The first-order valence-electron chi connectivity index (χ1n) is 18.3. The third-order valence-electron chi connectivity index (χ3n) is 11.7. The van der Waals surface area contributed by atoms with Gasteiger partial charge in [0.15, 0.2) is 0 Å². The molecule has 0 aromatic heterocycles. The van der Waals surface area contributed by atoms with Crippen LogP contribution < -0.4 is 10.4 Å². The van der Waals surface area contributed by atoms with Crippen molar-refractivity contribution in [1.82, 2.24) is 0 Å². The van der Waals surface area contributed by atoms with E-state index in [4.69, 9.17) is 0 Å². The molecule has 0 heterocycles. The zero-order valence-corrected chi connectivity index (χ0v) is 28.6. The first-order chi connectivity index (χ1) is 25.3. The predicted molar refractivity (Wildman–Crippen MR) is 215 cm³/mol. The smallest absolute Gasteiger partial charge is 0.0525 e. The van der Waals surface area contributed by atoms with Gasteiger partial charge in [0.1, 0.15) is 0 Å². The molecule has 0 fully saturated rings. The highest BCUT2D eigenvalue weighted by molar-refractivity contribution is 6.15. The number of benzene rings is 8. The minimum atomic E-state index is -0.280. The van der Waals surface area contributed by atoms with Gasteiger partial charge in [0.2, 0.25) is 0 Å². The number of rotatable bonds is 5. The van der Waals surface area contributed by atoms with Crippen LogP contribution in [0.4, 0.5) is 0 Å². The number of fused-ring (bicyclic) bond motifs is 6. The van der Waals surface area contributed by atoms with E-state index >= 15 is 0 Å². The lowest BCUT2D eigenvalue weighted by Gasteiger charge is -2.38. The second-order valence-corrected chi connectivity index (χ2v) is 14.2. The maximum Gasteiger partial charge on any atom is 0.0525 e. The minimum absolute atomic E-state index is 0.260. The van der Waals surface area contributed by atoms with Crippen LogP contribution in [0.2, 0.25) is 0 Å². The molecule has 2 aliphatic carbocycles. The highest BCUT2D eigenvalue weighted by Gasteiger charge is 2.49. The maximum absolute atomic E-state index is 2.47. The van der Waals surface area contributed by atoms with Gasteiger partial charge in [-0.2, -0.15) is 0 Å². The van der Waals surface area contributed by atoms with Crippen molar-refractivity contribution in [2.45, 2.75) is 30.6 Å². The van der Waals surface area contributed by atoms with Crippen LogP contribution in [0.5, 0.6) is 0 Å². The Labute approximate surface area is 299 Å². The molecule has 1 unspecified atom stereocenters. The zero-order valence-electron chi connectivity index (χ0n) is 28.6. The first kappa shape index (κ1) is 29.9. The summed E-state index contributed by atoms with van der Waals surface area (Å²) in [5.74, 6) is 0.260. The lowest BCUT2D eigenvalue weighted by Crippen LogP contribution is -2.33. The molecule has 0 heteroatoms. The molecule has 0 radical (unpaired) electrons. The topological polar surface area (TPSA) is 0 Å². The summed E-state index contributed by atoms with van der Waals surface area (Å²) in [4.78, 5) is 0. The van der Waals surface area contributed by atoms with Gasteiger partial charge in [0, 0.05) is 5.92 Å². The second-order valence-electron chi connectivity index (χ2n) is 14.2. The Bertz CT molecular complexity index is 2650. The van der Waals surface area contributed by atoms with Gasteiger partial charge >= 0.3 is 0 Å². The van der Waals surface area contributed by atoms with Gasteiger partial charge < -0.3 is 0 Å². The summed E-state index contributed by atoms with van der Waals surface area (Å²) in [6, 6.07) is 65.9. The first-order valence-corrected chi connectivity index (χ1v) is 18.3. The normalized spacial score (nSPS) is 15.9. The summed E-state index contributed by atoms with van der Waals surface area (Å²) in [6.07, 6.45) is 8.08. The fraction of sp³-hybridized carbons (Fsp3) is 0.0980. The molecule has 8 aromatic rings. The third-order valence-corrected chi connectivity index (χ3v) is 11.7. The van der Waals surface area contributed by atoms with Crippen molar-refractivity contribution in [2.24, 2.45) is 0 Å². The molecule has 8 aromatic carbocycles. The lowest BCUT2D eigenvalue weighted by molar-refractivity contribution is 0.520.